The molecule has 2 nitrogen and oxygen atoms in total. The van der Waals surface area contributed by atoms with Crippen molar-refractivity contribution in [3.63, 3.8) is 0 Å². The van der Waals surface area contributed by atoms with Crippen LogP contribution in [0.2, 0.25) is 0 Å². The van der Waals surface area contributed by atoms with Crippen LogP contribution >= 0.6 is 0 Å². The van der Waals surface area contributed by atoms with Gasteiger partial charge in [-0.2, -0.15) is 0 Å². The molecule has 2 aromatic rings. The number of benzene rings is 2. The van der Waals surface area contributed by atoms with Crippen molar-refractivity contribution in [1.29, 1.82) is 0 Å². The fourth-order valence-corrected chi connectivity index (χ4v) is 1.52. The summed E-state index contributed by atoms with van der Waals surface area (Å²) in [5, 5.41) is 9.31. The highest BCUT2D eigenvalue weighted by atomic mass is 19.1. The summed E-state index contributed by atoms with van der Waals surface area (Å²) in [7, 11) is 0. The van der Waals surface area contributed by atoms with Crippen molar-refractivity contribution in [2.75, 3.05) is 0 Å². The topological polar surface area (TPSA) is 29.5 Å². The van der Waals surface area contributed by atoms with E-state index in [2.05, 4.69) is 0 Å². The Hall–Kier alpha value is -1.94. The van der Waals surface area contributed by atoms with Gasteiger partial charge in [0.15, 0.2) is 11.6 Å². The van der Waals surface area contributed by atoms with Crippen molar-refractivity contribution in [3.05, 3.63) is 59.7 Å². The SMILES string of the molecule is C[C@H](O)c1ccc(Oc2cccc(F)c2)c(F)c1. The lowest BCUT2D eigenvalue weighted by molar-refractivity contribution is 0.198. The summed E-state index contributed by atoms with van der Waals surface area (Å²) in [4.78, 5) is 0. The van der Waals surface area contributed by atoms with Gasteiger partial charge in [0.05, 0.1) is 6.10 Å². The van der Waals surface area contributed by atoms with Crippen LogP contribution in [0, 0.1) is 11.6 Å². The van der Waals surface area contributed by atoms with E-state index in [1.54, 1.807) is 13.0 Å². The Morgan fingerprint density at radius 3 is 2.50 bits per heavy atom. The van der Waals surface area contributed by atoms with E-state index in [-0.39, 0.29) is 11.5 Å². The minimum atomic E-state index is -0.747. The second-order valence-electron chi connectivity index (χ2n) is 3.93. The van der Waals surface area contributed by atoms with Crippen LogP contribution in [0.1, 0.15) is 18.6 Å². The molecule has 0 radical (unpaired) electrons. The van der Waals surface area contributed by atoms with E-state index >= 15 is 0 Å². The maximum Gasteiger partial charge on any atom is 0.166 e. The van der Waals surface area contributed by atoms with Crippen LogP contribution in [0.4, 0.5) is 8.78 Å². The number of aliphatic hydroxyl groups is 1. The van der Waals surface area contributed by atoms with Crippen LogP contribution in [-0.2, 0) is 0 Å². The standard InChI is InChI=1S/C14H12F2O2/c1-9(17)10-5-6-14(13(16)7-10)18-12-4-2-3-11(15)8-12/h2-9,17H,1H3/t9-/m0/s1. The van der Waals surface area contributed by atoms with E-state index in [1.165, 1.54) is 36.4 Å². The molecule has 0 bridgehead atoms. The maximum atomic E-state index is 13.7. The summed E-state index contributed by atoms with van der Waals surface area (Å²) in [6.07, 6.45) is -0.747. The molecule has 0 heterocycles. The van der Waals surface area contributed by atoms with Gasteiger partial charge in [-0.15, -0.1) is 0 Å². The summed E-state index contributed by atoms with van der Waals surface area (Å²) in [5.41, 5.74) is 0.457. The molecule has 0 amide bonds. The largest absolute Gasteiger partial charge is 0.454 e. The Morgan fingerprint density at radius 1 is 1.11 bits per heavy atom. The Bertz CT molecular complexity index is 553. The highest BCUT2D eigenvalue weighted by molar-refractivity contribution is 5.35. The highest BCUT2D eigenvalue weighted by Crippen LogP contribution is 2.27. The quantitative estimate of drug-likeness (QED) is 0.897. The van der Waals surface area contributed by atoms with E-state index in [9.17, 15) is 13.9 Å². The van der Waals surface area contributed by atoms with Crippen molar-refractivity contribution >= 4 is 0 Å². The van der Waals surface area contributed by atoms with Gasteiger partial charge in [-0.25, -0.2) is 8.78 Å². The van der Waals surface area contributed by atoms with Gasteiger partial charge in [0.2, 0.25) is 0 Å². The maximum absolute atomic E-state index is 13.7. The van der Waals surface area contributed by atoms with Crippen LogP contribution in [0.3, 0.4) is 0 Å². The third-order valence-electron chi connectivity index (χ3n) is 2.46. The predicted octanol–water partition coefficient (Wildman–Crippen LogP) is 3.81. The average molecular weight is 250 g/mol. The molecule has 18 heavy (non-hydrogen) atoms. The summed E-state index contributed by atoms with van der Waals surface area (Å²) in [6.45, 7) is 1.54. The lowest BCUT2D eigenvalue weighted by Crippen LogP contribution is -1.94. The molecular formula is C14H12F2O2. The third-order valence-corrected chi connectivity index (χ3v) is 2.46. The number of rotatable bonds is 3. The summed E-state index contributed by atoms with van der Waals surface area (Å²) in [6, 6.07) is 9.61. The van der Waals surface area contributed by atoms with Crippen LogP contribution in [-0.4, -0.2) is 5.11 Å². The van der Waals surface area contributed by atoms with Crippen LogP contribution in [0.15, 0.2) is 42.5 Å². The zero-order valence-corrected chi connectivity index (χ0v) is 9.73. The molecule has 2 rings (SSSR count). The van der Waals surface area contributed by atoms with Gasteiger partial charge in [-0.1, -0.05) is 12.1 Å². The first-order valence-electron chi connectivity index (χ1n) is 5.47. The second-order valence-corrected chi connectivity index (χ2v) is 3.93. The molecule has 0 aliphatic heterocycles. The highest BCUT2D eigenvalue weighted by Gasteiger charge is 2.09. The first kappa shape index (κ1) is 12.5. The van der Waals surface area contributed by atoms with Crippen molar-refractivity contribution in [1.82, 2.24) is 0 Å². The molecule has 2 aromatic carbocycles. The molecule has 0 aliphatic carbocycles. The molecule has 4 heteroatoms. The first-order chi connectivity index (χ1) is 8.56. The van der Waals surface area contributed by atoms with E-state index in [1.807, 2.05) is 0 Å². The minimum Gasteiger partial charge on any atom is -0.454 e. The summed E-state index contributed by atoms with van der Waals surface area (Å²) >= 11 is 0. The second kappa shape index (κ2) is 5.14. The number of hydrogen-bond donors (Lipinski definition) is 1. The average Bonchev–Trinajstić information content (AvgIpc) is 2.31. The van der Waals surface area contributed by atoms with Crippen molar-refractivity contribution < 1.29 is 18.6 Å². The summed E-state index contributed by atoms with van der Waals surface area (Å²) < 4.78 is 31.8. The molecule has 0 spiro atoms. The number of halogens is 2. The number of ether oxygens (including phenoxy) is 1. The van der Waals surface area contributed by atoms with Crippen molar-refractivity contribution in [3.8, 4) is 11.5 Å². The van der Waals surface area contributed by atoms with Gasteiger partial charge in [0.1, 0.15) is 11.6 Å². The molecule has 1 atom stereocenters. The zero-order valence-electron chi connectivity index (χ0n) is 9.73. The Morgan fingerprint density at radius 2 is 1.89 bits per heavy atom. The fraction of sp³-hybridized carbons (Fsp3) is 0.143. The normalized spacial score (nSPS) is 12.2. The first-order valence-corrected chi connectivity index (χ1v) is 5.47. The third kappa shape index (κ3) is 2.84. The number of aliphatic hydroxyl groups excluding tert-OH is 1. The van der Waals surface area contributed by atoms with E-state index in [0.29, 0.717) is 5.56 Å². The van der Waals surface area contributed by atoms with E-state index in [4.69, 9.17) is 4.74 Å². The molecule has 0 saturated heterocycles. The predicted molar refractivity (Wildman–Crippen MR) is 63.5 cm³/mol. The van der Waals surface area contributed by atoms with Crippen LogP contribution < -0.4 is 4.74 Å². The lowest BCUT2D eigenvalue weighted by Gasteiger charge is -2.09. The Labute approximate surface area is 103 Å². The molecule has 0 aromatic heterocycles. The van der Waals surface area contributed by atoms with Gasteiger partial charge in [0, 0.05) is 6.07 Å². The molecule has 0 saturated carbocycles. The molecular weight excluding hydrogens is 238 g/mol. The lowest BCUT2D eigenvalue weighted by atomic mass is 10.1. The van der Waals surface area contributed by atoms with Crippen molar-refractivity contribution in [2.24, 2.45) is 0 Å². The Kier molecular flexibility index (Phi) is 3.58. The van der Waals surface area contributed by atoms with Crippen LogP contribution in [0.25, 0.3) is 0 Å². The fourth-order valence-electron chi connectivity index (χ4n) is 1.52. The van der Waals surface area contributed by atoms with Gasteiger partial charge in [-0.3, -0.25) is 0 Å². The molecule has 0 fully saturated rings. The number of hydrogen-bond acceptors (Lipinski definition) is 2. The zero-order chi connectivity index (χ0) is 13.1. The van der Waals surface area contributed by atoms with Gasteiger partial charge < -0.3 is 9.84 Å². The van der Waals surface area contributed by atoms with Gasteiger partial charge in [0.25, 0.3) is 0 Å². The summed E-state index contributed by atoms with van der Waals surface area (Å²) in [5.74, 6) is -0.838. The Balaban J connectivity index is 2.24. The van der Waals surface area contributed by atoms with Gasteiger partial charge >= 0.3 is 0 Å². The molecule has 1 N–H and O–H groups in total. The van der Waals surface area contributed by atoms with Crippen LogP contribution in [0.5, 0.6) is 11.5 Å². The van der Waals surface area contributed by atoms with E-state index < -0.39 is 17.7 Å². The molecule has 0 unspecified atom stereocenters. The smallest absolute Gasteiger partial charge is 0.166 e. The van der Waals surface area contributed by atoms with Gasteiger partial charge in [-0.05, 0) is 36.8 Å². The monoisotopic (exact) mass is 250 g/mol. The van der Waals surface area contributed by atoms with E-state index in [0.717, 1.165) is 0 Å². The molecule has 94 valence electrons. The van der Waals surface area contributed by atoms with Crippen molar-refractivity contribution in [2.45, 2.75) is 13.0 Å². The minimum absolute atomic E-state index is 0.00926. The molecule has 0 aliphatic rings.